The number of rotatable bonds is 4. The number of H-pyrrole nitrogens is 1. The van der Waals surface area contributed by atoms with Gasteiger partial charge in [0.15, 0.2) is 17.7 Å². The van der Waals surface area contributed by atoms with Crippen molar-refractivity contribution < 1.29 is 23.4 Å². The lowest BCUT2D eigenvalue weighted by atomic mass is 9.86. The van der Waals surface area contributed by atoms with Gasteiger partial charge in [-0.3, -0.25) is 0 Å². The van der Waals surface area contributed by atoms with Crippen molar-refractivity contribution in [2.75, 3.05) is 13.7 Å². The van der Waals surface area contributed by atoms with E-state index in [4.69, 9.17) is 19.2 Å². The highest BCUT2D eigenvalue weighted by molar-refractivity contribution is 6.01. The van der Waals surface area contributed by atoms with Crippen molar-refractivity contribution in [1.29, 1.82) is 0 Å². The normalized spacial score (nSPS) is 14.6. The minimum atomic E-state index is -1.03. The standard InChI is InChI=1S/C27H33FN2O4/c1-13-15(3)29-25-20(13)22(18-12-19(28)23-17(14(18)2)10-9-11-33-23)21(16(4)30-25)24(26(31)32-8)34-27(5,6)7/h12,24H,9-11H2,1-8H3,(H,29,30)/t24-/m0/s1. The Morgan fingerprint density at radius 2 is 1.91 bits per heavy atom. The molecule has 0 saturated carbocycles. The molecule has 182 valence electrons. The van der Waals surface area contributed by atoms with Crippen LogP contribution < -0.4 is 4.74 Å². The summed E-state index contributed by atoms with van der Waals surface area (Å²) >= 11 is 0. The molecule has 3 heterocycles. The van der Waals surface area contributed by atoms with Crippen LogP contribution in [0.2, 0.25) is 0 Å². The van der Waals surface area contributed by atoms with E-state index in [2.05, 4.69) is 4.98 Å². The predicted molar refractivity (Wildman–Crippen MR) is 130 cm³/mol. The molecule has 0 saturated heterocycles. The molecule has 3 aromatic rings. The molecule has 6 nitrogen and oxygen atoms in total. The average molecular weight is 469 g/mol. The number of nitrogens with one attached hydrogen (secondary N) is 1. The Hall–Kier alpha value is -2.93. The highest BCUT2D eigenvalue weighted by Crippen LogP contribution is 2.45. The first-order valence-electron chi connectivity index (χ1n) is 11.6. The first-order valence-corrected chi connectivity index (χ1v) is 11.6. The minimum absolute atomic E-state index is 0.327. The van der Waals surface area contributed by atoms with E-state index < -0.39 is 23.5 Å². The number of aryl methyl sites for hydroxylation is 3. The molecule has 1 aromatic carbocycles. The quantitative estimate of drug-likeness (QED) is 0.479. The zero-order valence-corrected chi connectivity index (χ0v) is 21.2. The molecular formula is C27H33FN2O4. The number of aromatic amines is 1. The average Bonchev–Trinajstić information content (AvgIpc) is 3.05. The summed E-state index contributed by atoms with van der Waals surface area (Å²) in [6.45, 7) is 14.0. The van der Waals surface area contributed by atoms with E-state index in [1.807, 2.05) is 48.5 Å². The van der Waals surface area contributed by atoms with E-state index in [1.54, 1.807) is 0 Å². The van der Waals surface area contributed by atoms with Gasteiger partial charge in [-0.05, 0) is 84.1 Å². The van der Waals surface area contributed by atoms with Gasteiger partial charge < -0.3 is 19.2 Å². The Kier molecular flexibility index (Phi) is 6.19. The summed E-state index contributed by atoms with van der Waals surface area (Å²) in [6.07, 6.45) is 0.536. The van der Waals surface area contributed by atoms with E-state index in [9.17, 15) is 4.79 Å². The second-order valence-corrected chi connectivity index (χ2v) is 10.0. The van der Waals surface area contributed by atoms with Gasteiger partial charge >= 0.3 is 5.97 Å². The van der Waals surface area contributed by atoms with Gasteiger partial charge in [-0.2, -0.15) is 0 Å². The van der Waals surface area contributed by atoms with Crippen molar-refractivity contribution in [3.05, 3.63) is 45.5 Å². The number of aromatic nitrogens is 2. The number of halogens is 1. The molecule has 0 aliphatic carbocycles. The zero-order valence-electron chi connectivity index (χ0n) is 21.2. The number of ether oxygens (including phenoxy) is 3. The second kappa shape index (κ2) is 8.69. The Labute approximate surface area is 199 Å². The third kappa shape index (κ3) is 4.06. The molecule has 0 radical (unpaired) electrons. The maximum Gasteiger partial charge on any atom is 0.339 e. The van der Waals surface area contributed by atoms with E-state index in [0.717, 1.165) is 46.2 Å². The summed E-state index contributed by atoms with van der Waals surface area (Å²) in [5, 5.41) is 0.851. The van der Waals surface area contributed by atoms with Crippen molar-refractivity contribution in [1.82, 2.24) is 9.97 Å². The molecular weight excluding hydrogens is 435 g/mol. The van der Waals surface area contributed by atoms with Gasteiger partial charge in [-0.1, -0.05) is 0 Å². The summed E-state index contributed by atoms with van der Waals surface area (Å²) in [5.41, 5.74) is 6.48. The molecule has 0 spiro atoms. The van der Waals surface area contributed by atoms with Crippen LogP contribution >= 0.6 is 0 Å². The highest BCUT2D eigenvalue weighted by Gasteiger charge is 2.35. The van der Waals surface area contributed by atoms with E-state index in [0.29, 0.717) is 34.8 Å². The fourth-order valence-electron chi connectivity index (χ4n) is 4.84. The Bertz CT molecular complexity index is 1290. The molecule has 1 aliphatic heterocycles. The van der Waals surface area contributed by atoms with Crippen LogP contribution in [0.15, 0.2) is 6.07 Å². The number of hydrogen-bond acceptors (Lipinski definition) is 5. The summed E-state index contributed by atoms with van der Waals surface area (Å²) in [6, 6.07) is 1.52. The predicted octanol–water partition coefficient (Wildman–Crippen LogP) is 5.96. The third-order valence-electron chi connectivity index (χ3n) is 6.52. The molecule has 0 amide bonds. The number of carbonyl (C=O) groups is 1. The maximum absolute atomic E-state index is 15.4. The molecule has 0 fully saturated rings. The second-order valence-electron chi connectivity index (χ2n) is 10.0. The molecule has 1 aliphatic rings. The van der Waals surface area contributed by atoms with Gasteiger partial charge in [-0.15, -0.1) is 0 Å². The smallest absolute Gasteiger partial charge is 0.339 e. The van der Waals surface area contributed by atoms with Crippen LogP contribution in [-0.4, -0.2) is 35.3 Å². The lowest BCUT2D eigenvalue weighted by molar-refractivity contribution is -0.164. The van der Waals surface area contributed by atoms with Crippen LogP contribution in [0.1, 0.15) is 66.9 Å². The topological polar surface area (TPSA) is 73.4 Å². The minimum Gasteiger partial charge on any atom is -0.490 e. The first kappa shape index (κ1) is 24.2. The largest absolute Gasteiger partial charge is 0.490 e. The molecule has 4 rings (SSSR count). The fraction of sp³-hybridized carbons (Fsp3) is 0.481. The Morgan fingerprint density at radius 3 is 2.56 bits per heavy atom. The lowest BCUT2D eigenvalue weighted by Gasteiger charge is -2.29. The fourth-order valence-corrected chi connectivity index (χ4v) is 4.84. The van der Waals surface area contributed by atoms with Crippen molar-refractivity contribution in [3.8, 4) is 16.9 Å². The number of nitrogens with zero attached hydrogens (tertiary/aromatic N) is 1. The number of carbonyl (C=O) groups excluding carboxylic acids is 1. The van der Waals surface area contributed by atoms with Crippen LogP contribution in [0.5, 0.6) is 5.75 Å². The Balaban J connectivity index is 2.14. The molecule has 0 bridgehead atoms. The Morgan fingerprint density at radius 1 is 1.21 bits per heavy atom. The van der Waals surface area contributed by atoms with Crippen molar-refractivity contribution in [2.45, 2.75) is 73.0 Å². The molecule has 1 N–H and O–H groups in total. The summed E-state index contributed by atoms with van der Waals surface area (Å²) in [5.74, 6) is -0.599. The van der Waals surface area contributed by atoms with Gasteiger partial charge in [0.25, 0.3) is 0 Å². The first-order chi connectivity index (χ1) is 15.9. The van der Waals surface area contributed by atoms with Crippen LogP contribution in [0.4, 0.5) is 4.39 Å². The highest BCUT2D eigenvalue weighted by atomic mass is 19.1. The van der Waals surface area contributed by atoms with E-state index >= 15 is 4.39 Å². The van der Waals surface area contributed by atoms with Gasteiger partial charge in [0.1, 0.15) is 5.65 Å². The van der Waals surface area contributed by atoms with Gasteiger partial charge in [0.05, 0.1) is 19.3 Å². The van der Waals surface area contributed by atoms with Crippen LogP contribution in [-0.2, 0) is 20.7 Å². The van der Waals surface area contributed by atoms with Gasteiger partial charge in [-0.25, -0.2) is 14.2 Å². The van der Waals surface area contributed by atoms with E-state index in [-0.39, 0.29) is 0 Å². The SMILES string of the molecule is COC(=O)[C@@H](OC(C)(C)C)c1c(C)nc2[nH]c(C)c(C)c2c1-c1cc(F)c2c(c1C)CCCO2. The zero-order chi connectivity index (χ0) is 24.9. The van der Waals surface area contributed by atoms with Crippen molar-refractivity contribution >= 4 is 17.0 Å². The number of hydrogen-bond donors (Lipinski definition) is 1. The molecule has 0 unspecified atom stereocenters. The number of benzene rings is 1. The van der Waals surface area contributed by atoms with Crippen molar-refractivity contribution in [2.24, 2.45) is 0 Å². The third-order valence-corrected chi connectivity index (χ3v) is 6.52. The van der Waals surface area contributed by atoms with Gasteiger partial charge in [0, 0.05) is 33.5 Å². The number of methoxy groups -OCH3 is 1. The molecule has 2 aromatic heterocycles. The van der Waals surface area contributed by atoms with E-state index in [1.165, 1.54) is 13.2 Å². The summed E-state index contributed by atoms with van der Waals surface area (Å²) in [4.78, 5) is 21.2. The lowest BCUT2D eigenvalue weighted by Crippen LogP contribution is -2.29. The number of esters is 1. The van der Waals surface area contributed by atoms with Gasteiger partial charge in [0.2, 0.25) is 0 Å². The maximum atomic E-state index is 15.4. The molecule has 34 heavy (non-hydrogen) atoms. The van der Waals surface area contributed by atoms with Crippen LogP contribution in [0.25, 0.3) is 22.2 Å². The number of fused-ring (bicyclic) bond motifs is 2. The molecule has 7 heteroatoms. The van der Waals surface area contributed by atoms with Crippen LogP contribution in [0, 0.1) is 33.5 Å². The van der Waals surface area contributed by atoms with Crippen LogP contribution in [0.3, 0.4) is 0 Å². The summed E-state index contributed by atoms with van der Waals surface area (Å²) in [7, 11) is 1.34. The number of pyridine rings is 1. The van der Waals surface area contributed by atoms with Crippen molar-refractivity contribution in [3.63, 3.8) is 0 Å². The summed E-state index contributed by atoms with van der Waals surface area (Å²) < 4.78 is 32.4. The monoisotopic (exact) mass is 468 g/mol. The molecule has 1 atom stereocenters.